The Hall–Kier alpha value is -2.68. The van der Waals surface area contributed by atoms with Gasteiger partial charge in [-0.2, -0.15) is 13.8 Å². The second-order valence-electron chi connectivity index (χ2n) is 9.31. The highest BCUT2D eigenvalue weighted by Crippen LogP contribution is 2.31. The van der Waals surface area contributed by atoms with Crippen LogP contribution in [0.2, 0.25) is 0 Å². The molecule has 1 aromatic carbocycles. The van der Waals surface area contributed by atoms with Gasteiger partial charge in [0.25, 0.3) is 5.91 Å². The first-order valence-electron chi connectivity index (χ1n) is 12.3. The molecule has 14 heteroatoms. The van der Waals surface area contributed by atoms with E-state index < -0.39 is 36.2 Å². The minimum Gasteiger partial charge on any atom is -0.442 e. The van der Waals surface area contributed by atoms with Crippen LogP contribution < -0.4 is 15.1 Å². The molecule has 0 spiro atoms. The van der Waals surface area contributed by atoms with E-state index in [0.717, 1.165) is 49.8 Å². The van der Waals surface area contributed by atoms with Crippen molar-refractivity contribution >= 4 is 23.4 Å². The van der Waals surface area contributed by atoms with E-state index in [1.165, 1.54) is 0 Å². The van der Waals surface area contributed by atoms with Crippen molar-refractivity contribution in [3.8, 4) is 0 Å². The summed E-state index contributed by atoms with van der Waals surface area (Å²) in [5.74, 6) is -3.18. The first kappa shape index (κ1) is 27.4. The van der Waals surface area contributed by atoms with Gasteiger partial charge in [-0.15, -0.1) is 0 Å². The van der Waals surface area contributed by atoms with Crippen LogP contribution in [0, 0.1) is 11.6 Å². The molecule has 0 aliphatic carbocycles. The fourth-order valence-corrected chi connectivity index (χ4v) is 4.55. The number of piperazine rings is 1. The molecular formula is C23H32F4N6O4. The molecule has 1 aromatic rings. The van der Waals surface area contributed by atoms with E-state index in [1.807, 2.05) is 10.4 Å². The van der Waals surface area contributed by atoms with Gasteiger partial charge in [0.15, 0.2) is 11.6 Å². The standard InChI is InChI=1S/C23H32F4N6O4/c1-29-2-4-30(5-3-29)6-8-32-9-7-31(10-11-36-32)20-18(24)12-16(13-19(20)25)33-15-17(37-23(33)35)14-28-22(34)21(26)27/h12-13,17,21H,2-11,14-15H2,1H3,(H,28,34)/t17-/m0/s1. The molecule has 3 saturated heterocycles. The smallest absolute Gasteiger partial charge is 0.414 e. The van der Waals surface area contributed by atoms with Crippen LogP contribution in [0.4, 0.5) is 33.7 Å². The summed E-state index contributed by atoms with van der Waals surface area (Å²) in [5.41, 5.74) is -0.270. The van der Waals surface area contributed by atoms with Crippen molar-refractivity contribution < 1.29 is 36.7 Å². The Balaban J connectivity index is 1.33. The molecule has 0 unspecified atom stereocenters. The summed E-state index contributed by atoms with van der Waals surface area (Å²) >= 11 is 0. The largest absolute Gasteiger partial charge is 0.442 e. The van der Waals surface area contributed by atoms with Crippen LogP contribution in [0.3, 0.4) is 0 Å². The summed E-state index contributed by atoms with van der Waals surface area (Å²) in [5, 5.41) is 3.79. The van der Waals surface area contributed by atoms with Crippen molar-refractivity contribution in [2.45, 2.75) is 12.5 Å². The van der Waals surface area contributed by atoms with Crippen LogP contribution in [0.5, 0.6) is 0 Å². The van der Waals surface area contributed by atoms with Crippen LogP contribution in [0.15, 0.2) is 12.1 Å². The first-order chi connectivity index (χ1) is 17.7. The van der Waals surface area contributed by atoms with Crippen molar-refractivity contribution in [2.75, 3.05) is 95.4 Å². The molecule has 0 saturated carbocycles. The number of carbonyl (C=O) groups is 2. The predicted octanol–water partition coefficient (Wildman–Crippen LogP) is 0.972. The molecule has 10 nitrogen and oxygen atoms in total. The Morgan fingerprint density at radius 3 is 2.43 bits per heavy atom. The number of benzene rings is 1. The third-order valence-corrected chi connectivity index (χ3v) is 6.72. The number of carbonyl (C=O) groups excluding carboxylic acids is 2. The molecule has 0 aromatic heterocycles. The minimum atomic E-state index is -3.20. The number of alkyl halides is 2. The van der Waals surface area contributed by atoms with E-state index in [9.17, 15) is 18.4 Å². The van der Waals surface area contributed by atoms with Gasteiger partial charge in [0.1, 0.15) is 11.8 Å². The quantitative estimate of drug-likeness (QED) is 0.497. The summed E-state index contributed by atoms with van der Waals surface area (Å²) in [4.78, 5) is 36.3. The third-order valence-electron chi connectivity index (χ3n) is 6.72. The highest BCUT2D eigenvalue weighted by molar-refractivity contribution is 5.90. The molecule has 2 amide bonds. The number of hydroxylamine groups is 2. The summed E-state index contributed by atoms with van der Waals surface area (Å²) in [7, 11) is 2.10. The van der Waals surface area contributed by atoms with Crippen LogP contribution in [0.1, 0.15) is 0 Å². The van der Waals surface area contributed by atoms with Crippen LogP contribution in [-0.4, -0.2) is 125 Å². The second-order valence-corrected chi connectivity index (χ2v) is 9.31. The number of ether oxygens (including phenoxy) is 1. The lowest BCUT2D eigenvalue weighted by Crippen LogP contribution is -2.47. The zero-order chi connectivity index (χ0) is 26.5. The highest BCUT2D eigenvalue weighted by atomic mass is 19.3. The Morgan fingerprint density at radius 1 is 1.05 bits per heavy atom. The topological polar surface area (TPSA) is 80.8 Å². The number of likely N-dealkylation sites (N-methyl/N-ethyl adjacent to an activating group) is 1. The fraction of sp³-hybridized carbons (Fsp3) is 0.652. The second kappa shape index (κ2) is 12.2. The van der Waals surface area contributed by atoms with Crippen LogP contribution >= 0.6 is 0 Å². The van der Waals surface area contributed by atoms with Gasteiger partial charge in [-0.25, -0.2) is 13.6 Å². The number of hydrogen-bond donors (Lipinski definition) is 1. The Kier molecular flexibility index (Phi) is 9.05. The van der Waals surface area contributed by atoms with Gasteiger partial charge in [-0.3, -0.25) is 19.4 Å². The van der Waals surface area contributed by atoms with E-state index >= 15 is 8.78 Å². The molecule has 3 aliphatic rings. The molecular weight excluding hydrogens is 500 g/mol. The molecule has 0 radical (unpaired) electrons. The highest BCUT2D eigenvalue weighted by Gasteiger charge is 2.34. The average Bonchev–Trinajstić information content (AvgIpc) is 3.08. The van der Waals surface area contributed by atoms with Gasteiger partial charge in [-0.05, 0) is 7.05 Å². The zero-order valence-electron chi connectivity index (χ0n) is 20.7. The lowest BCUT2D eigenvalue weighted by molar-refractivity contribution is -0.150. The summed E-state index contributed by atoms with van der Waals surface area (Å²) in [6.45, 7) is 6.47. The molecule has 206 valence electrons. The first-order valence-corrected chi connectivity index (χ1v) is 12.3. The Labute approximate surface area is 212 Å². The third kappa shape index (κ3) is 7.00. The summed E-state index contributed by atoms with van der Waals surface area (Å²) < 4.78 is 59.9. The molecule has 3 heterocycles. The lowest BCUT2D eigenvalue weighted by Gasteiger charge is -2.33. The molecule has 0 bridgehead atoms. The molecule has 1 atom stereocenters. The number of nitrogens with one attached hydrogen (secondary N) is 1. The monoisotopic (exact) mass is 532 g/mol. The lowest BCUT2D eigenvalue weighted by atomic mass is 10.2. The van der Waals surface area contributed by atoms with Gasteiger partial charge in [-0.1, -0.05) is 0 Å². The number of amides is 2. The van der Waals surface area contributed by atoms with Crippen LogP contribution in [0.25, 0.3) is 0 Å². The number of rotatable bonds is 8. The van der Waals surface area contributed by atoms with Gasteiger partial charge in [0.2, 0.25) is 0 Å². The van der Waals surface area contributed by atoms with Crippen molar-refractivity contribution in [3.05, 3.63) is 23.8 Å². The number of hydrogen-bond acceptors (Lipinski definition) is 8. The van der Waals surface area contributed by atoms with Crippen molar-refractivity contribution in [2.24, 2.45) is 0 Å². The number of cyclic esters (lactones) is 1. The molecule has 3 fully saturated rings. The minimum absolute atomic E-state index is 0.0636. The maximum atomic E-state index is 15.1. The Bertz CT molecular complexity index is 942. The number of nitrogens with zero attached hydrogens (tertiary/aromatic N) is 5. The van der Waals surface area contributed by atoms with Crippen molar-refractivity contribution in [1.82, 2.24) is 20.2 Å². The molecule has 4 rings (SSSR count). The summed E-state index contributed by atoms with van der Waals surface area (Å²) in [6.07, 6.45) is -5.01. The van der Waals surface area contributed by atoms with Gasteiger partial charge < -0.3 is 19.9 Å². The van der Waals surface area contributed by atoms with E-state index in [-0.39, 0.29) is 37.6 Å². The van der Waals surface area contributed by atoms with E-state index in [1.54, 1.807) is 4.90 Å². The van der Waals surface area contributed by atoms with Crippen LogP contribution in [-0.2, 0) is 14.4 Å². The average molecular weight is 533 g/mol. The van der Waals surface area contributed by atoms with E-state index in [2.05, 4.69) is 16.8 Å². The van der Waals surface area contributed by atoms with Gasteiger partial charge >= 0.3 is 12.5 Å². The number of halogens is 4. The van der Waals surface area contributed by atoms with Gasteiger partial charge in [0, 0.05) is 71.0 Å². The molecule has 1 N–H and O–H groups in total. The maximum Gasteiger partial charge on any atom is 0.414 e. The van der Waals surface area contributed by atoms with E-state index in [0.29, 0.717) is 19.6 Å². The normalized spacial score (nSPS) is 22.4. The Morgan fingerprint density at radius 2 is 1.76 bits per heavy atom. The fourth-order valence-electron chi connectivity index (χ4n) is 4.55. The zero-order valence-corrected chi connectivity index (χ0v) is 20.7. The SMILES string of the molecule is CN1CCN(CCN2CCN(c3c(F)cc(N4C[C@H](CNC(=O)C(F)F)OC4=O)cc3F)CCO2)CC1. The molecule has 3 aliphatic heterocycles. The number of anilines is 2. The van der Waals surface area contributed by atoms with Crippen molar-refractivity contribution in [1.29, 1.82) is 0 Å². The summed E-state index contributed by atoms with van der Waals surface area (Å²) in [6, 6.07) is 2.08. The van der Waals surface area contributed by atoms with Gasteiger partial charge in [0.05, 0.1) is 25.4 Å². The molecule has 37 heavy (non-hydrogen) atoms. The van der Waals surface area contributed by atoms with E-state index in [4.69, 9.17) is 9.57 Å². The van der Waals surface area contributed by atoms with Crippen molar-refractivity contribution in [3.63, 3.8) is 0 Å². The predicted molar refractivity (Wildman–Crippen MR) is 127 cm³/mol. The maximum absolute atomic E-state index is 15.1.